The van der Waals surface area contributed by atoms with Gasteiger partial charge in [0.1, 0.15) is 0 Å². The van der Waals surface area contributed by atoms with Gasteiger partial charge in [0.2, 0.25) is 0 Å². The van der Waals surface area contributed by atoms with E-state index >= 15 is 0 Å². The van der Waals surface area contributed by atoms with Gasteiger partial charge in [0.25, 0.3) is 0 Å². The molecular weight excluding hydrogens is 237 g/mol. The molecule has 0 fully saturated rings. The zero-order chi connectivity index (χ0) is 13.4. The summed E-state index contributed by atoms with van der Waals surface area (Å²) in [7, 11) is -0.382. The molecule has 1 aromatic carbocycles. The standard InChI is InChI=1S/C14H18BN3O/c1-11-8-17(10-16-11)14-4-3-12-5-6-18(15(2)19)9-13(12)7-14/h3-4,7-8,10,19H,5-6,9H2,1-2H3. The summed E-state index contributed by atoms with van der Waals surface area (Å²) in [5, 5.41) is 9.70. The zero-order valence-corrected chi connectivity index (χ0v) is 11.4. The molecule has 19 heavy (non-hydrogen) atoms. The Hall–Kier alpha value is -1.59. The quantitative estimate of drug-likeness (QED) is 0.829. The molecule has 0 radical (unpaired) electrons. The van der Waals surface area contributed by atoms with Crippen molar-refractivity contribution in [2.45, 2.75) is 26.7 Å². The van der Waals surface area contributed by atoms with Crippen molar-refractivity contribution in [3.05, 3.63) is 47.5 Å². The third-order valence-corrected chi connectivity index (χ3v) is 3.77. The van der Waals surface area contributed by atoms with Gasteiger partial charge < -0.3 is 14.4 Å². The van der Waals surface area contributed by atoms with E-state index in [9.17, 15) is 5.02 Å². The van der Waals surface area contributed by atoms with Gasteiger partial charge in [0, 0.05) is 18.4 Å². The Morgan fingerprint density at radius 2 is 2.16 bits per heavy atom. The van der Waals surface area contributed by atoms with Crippen LogP contribution in [0.5, 0.6) is 0 Å². The van der Waals surface area contributed by atoms with Crippen molar-refractivity contribution >= 4 is 7.05 Å². The van der Waals surface area contributed by atoms with Gasteiger partial charge >= 0.3 is 7.05 Å². The highest BCUT2D eigenvalue weighted by Crippen LogP contribution is 2.22. The highest BCUT2D eigenvalue weighted by Gasteiger charge is 2.22. The molecule has 0 atom stereocenters. The van der Waals surface area contributed by atoms with E-state index in [-0.39, 0.29) is 7.05 Å². The second kappa shape index (κ2) is 4.83. The van der Waals surface area contributed by atoms with Crippen molar-refractivity contribution in [2.75, 3.05) is 6.54 Å². The van der Waals surface area contributed by atoms with Gasteiger partial charge in [-0.1, -0.05) is 6.07 Å². The van der Waals surface area contributed by atoms with Crippen LogP contribution in [0.15, 0.2) is 30.7 Å². The Kier molecular flexibility index (Phi) is 3.17. The maximum atomic E-state index is 9.70. The number of aryl methyl sites for hydroxylation is 1. The number of nitrogens with zero attached hydrogens (tertiary/aromatic N) is 3. The summed E-state index contributed by atoms with van der Waals surface area (Å²) in [6.07, 6.45) is 4.87. The van der Waals surface area contributed by atoms with E-state index in [1.807, 2.05) is 30.8 Å². The van der Waals surface area contributed by atoms with Crippen LogP contribution in [-0.2, 0) is 13.0 Å². The molecule has 5 heteroatoms. The van der Waals surface area contributed by atoms with Crippen LogP contribution in [0, 0.1) is 6.92 Å². The minimum Gasteiger partial charge on any atom is -0.437 e. The van der Waals surface area contributed by atoms with Crippen molar-refractivity contribution in [2.24, 2.45) is 0 Å². The van der Waals surface area contributed by atoms with Crippen LogP contribution in [0.25, 0.3) is 5.69 Å². The molecule has 2 heterocycles. The highest BCUT2D eigenvalue weighted by molar-refractivity contribution is 6.45. The first kappa shape index (κ1) is 12.4. The maximum absolute atomic E-state index is 9.70. The minimum atomic E-state index is -0.382. The smallest absolute Gasteiger partial charge is 0.376 e. The third-order valence-electron chi connectivity index (χ3n) is 3.77. The van der Waals surface area contributed by atoms with Gasteiger partial charge in [0.15, 0.2) is 0 Å². The highest BCUT2D eigenvalue weighted by atomic mass is 16.2. The lowest BCUT2D eigenvalue weighted by Crippen LogP contribution is -2.40. The summed E-state index contributed by atoms with van der Waals surface area (Å²) in [6.45, 7) is 5.56. The van der Waals surface area contributed by atoms with Crippen molar-refractivity contribution in [3.8, 4) is 5.69 Å². The van der Waals surface area contributed by atoms with Crippen molar-refractivity contribution in [1.29, 1.82) is 0 Å². The molecule has 98 valence electrons. The molecule has 1 aromatic heterocycles. The largest absolute Gasteiger partial charge is 0.437 e. The fourth-order valence-corrected chi connectivity index (χ4v) is 2.61. The van der Waals surface area contributed by atoms with Gasteiger partial charge in [-0.05, 0) is 50.0 Å². The molecule has 0 bridgehead atoms. The van der Waals surface area contributed by atoms with Gasteiger partial charge in [-0.2, -0.15) is 0 Å². The lowest BCUT2D eigenvalue weighted by Gasteiger charge is -2.29. The van der Waals surface area contributed by atoms with Crippen molar-refractivity contribution in [3.63, 3.8) is 0 Å². The molecule has 4 nitrogen and oxygen atoms in total. The molecule has 0 saturated heterocycles. The van der Waals surface area contributed by atoms with E-state index < -0.39 is 0 Å². The molecule has 3 rings (SSSR count). The molecule has 0 saturated carbocycles. The van der Waals surface area contributed by atoms with Crippen LogP contribution < -0.4 is 0 Å². The van der Waals surface area contributed by atoms with Crippen LogP contribution in [0.3, 0.4) is 0 Å². The molecule has 1 N–H and O–H groups in total. The summed E-state index contributed by atoms with van der Waals surface area (Å²) >= 11 is 0. The first-order chi connectivity index (χ1) is 9.13. The Morgan fingerprint density at radius 1 is 1.32 bits per heavy atom. The SMILES string of the molecule is CB(O)N1CCc2ccc(-n3cnc(C)c3)cc2C1. The normalized spacial score (nSPS) is 15.3. The molecular formula is C14H18BN3O. The summed E-state index contributed by atoms with van der Waals surface area (Å²) in [5.74, 6) is 0. The third kappa shape index (κ3) is 2.44. The number of imidazole rings is 1. The maximum Gasteiger partial charge on any atom is 0.376 e. The van der Waals surface area contributed by atoms with Gasteiger partial charge in [-0.3, -0.25) is 0 Å². The first-order valence-electron chi connectivity index (χ1n) is 6.68. The van der Waals surface area contributed by atoms with Crippen LogP contribution in [-0.4, -0.2) is 33.0 Å². The Labute approximate surface area is 113 Å². The molecule has 2 aromatic rings. The predicted octanol–water partition coefficient (Wildman–Crippen LogP) is 1.65. The predicted molar refractivity (Wildman–Crippen MR) is 76.3 cm³/mol. The Morgan fingerprint density at radius 3 is 2.84 bits per heavy atom. The lowest BCUT2D eigenvalue weighted by molar-refractivity contribution is 0.347. The number of rotatable bonds is 2. The van der Waals surface area contributed by atoms with E-state index in [0.717, 1.165) is 30.9 Å². The number of hydrogen-bond acceptors (Lipinski definition) is 3. The van der Waals surface area contributed by atoms with Crippen LogP contribution in [0.1, 0.15) is 16.8 Å². The molecule has 1 aliphatic heterocycles. The monoisotopic (exact) mass is 255 g/mol. The molecule has 0 spiro atoms. The van der Waals surface area contributed by atoms with E-state index in [0.29, 0.717) is 0 Å². The molecule has 0 unspecified atom stereocenters. The molecule has 1 aliphatic rings. The summed E-state index contributed by atoms with van der Waals surface area (Å²) < 4.78 is 2.04. The van der Waals surface area contributed by atoms with E-state index in [2.05, 4.69) is 28.0 Å². The van der Waals surface area contributed by atoms with E-state index in [1.54, 1.807) is 0 Å². The second-order valence-electron chi connectivity index (χ2n) is 5.23. The second-order valence-corrected chi connectivity index (χ2v) is 5.23. The van der Waals surface area contributed by atoms with Crippen LogP contribution in [0.4, 0.5) is 0 Å². The number of fused-ring (bicyclic) bond motifs is 1. The number of hydrogen-bond donors (Lipinski definition) is 1. The Bertz CT molecular complexity index is 594. The topological polar surface area (TPSA) is 41.3 Å². The molecule has 0 amide bonds. The van der Waals surface area contributed by atoms with Crippen molar-refractivity contribution in [1.82, 2.24) is 14.4 Å². The first-order valence-corrected chi connectivity index (χ1v) is 6.68. The average molecular weight is 255 g/mol. The summed E-state index contributed by atoms with van der Waals surface area (Å²) in [6, 6.07) is 6.53. The summed E-state index contributed by atoms with van der Waals surface area (Å²) in [5.41, 5.74) is 4.84. The fraction of sp³-hybridized carbons (Fsp3) is 0.357. The van der Waals surface area contributed by atoms with E-state index in [4.69, 9.17) is 0 Å². The number of aromatic nitrogens is 2. The minimum absolute atomic E-state index is 0.382. The lowest BCUT2D eigenvalue weighted by atomic mass is 9.81. The zero-order valence-electron chi connectivity index (χ0n) is 11.4. The van der Waals surface area contributed by atoms with Crippen molar-refractivity contribution < 1.29 is 5.02 Å². The Balaban J connectivity index is 1.93. The van der Waals surface area contributed by atoms with Gasteiger partial charge in [0.05, 0.1) is 12.0 Å². The van der Waals surface area contributed by atoms with Gasteiger partial charge in [-0.25, -0.2) is 4.98 Å². The van der Waals surface area contributed by atoms with Crippen LogP contribution >= 0.6 is 0 Å². The van der Waals surface area contributed by atoms with Gasteiger partial charge in [-0.15, -0.1) is 0 Å². The molecule has 0 aliphatic carbocycles. The number of benzene rings is 1. The summed E-state index contributed by atoms with van der Waals surface area (Å²) in [4.78, 5) is 6.35. The fourth-order valence-electron chi connectivity index (χ4n) is 2.61. The average Bonchev–Trinajstić information content (AvgIpc) is 2.84. The van der Waals surface area contributed by atoms with Crippen LogP contribution in [0.2, 0.25) is 6.82 Å². The van der Waals surface area contributed by atoms with E-state index in [1.165, 1.54) is 11.1 Å².